The molecule has 0 aliphatic carbocycles. The standard InChI is InChI=1S/C27H23ClN4O3/c1-17-8-2-3-9-18(17)26(34)29-15-14-25(33)31-32-27(35)21-16-24(20-11-4-6-12-22(20)28)30-23-13-7-5-10-19(21)23/h2-13,16H,14-15H2,1H3,(H,29,34)(H,31,33)(H,32,35). The van der Waals surface area contributed by atoms with Gasteiger partial charge in [-0.1, -0.05) is 66.2 Å². The van der Waals surface area contributed by atoms with Gasteiger partial charge in [-0.15, -0.1) is 0 Å². The monoisotopic (exact) mass is 486 g/mol. The highest BCUT2D eigenvalue weighted by molar-refractivity contribution is 6.33. The van der Waals surface area contributed by atoms with Gasteiger partial charge in [-0.2, -0.15) is 0 Å². The number of rotatable bonds is 6. The van der Waals surface area contributed by atoms with E-state index in [4.69, 9.17) is 11.6 Å². The van der Waals surface area contributed by atoms with E-state index < -0.39 is 11.8 Å². The lowest BCUT2D eigenvalue weighted by molar-refractivity contribution is -0.121. The van der Waals surface area contributed by atoms with Crippen LogP contribution in [0.1, 0.15) is 32.7 Å². The number of carbonyl (C=O) groups is 3. The number of carbonyl (C=O) groups excluding carboxylic acids is 3. The van der Waals surface area contributed by atoms with Gasteiger partial charge in [-0.3, -0.25) is 25.2 Å². The minimum Gasteiger partial charge on any atom is -0.352 e. The number of aryl methyl sites for hydroxylation is 1. The van der Waals surface area contributed by atoms with Crippen molar-refractivity contribution >= 4 is 40.2 Å². The van der Waals surface area contributed by atoms with E-state index >= 15 is 0 Å². The van der Waals surface area contributed by atoms with Crippen LogP contribution in [0.4, 0.5) is 0 Å². The Labute approximate surface area is 207 Å². The molecule has 0 unspecified atom stereocenters. The quantitative estimate of drug-likeness (QED) is 0.351. The summed E-state index contributed by atoms with van der Waals surface area (Å²) >= 11 is 6.34. The Hall–Kier alpha value is -4.23. The second-order valence-corrected chi connectivity index (χ2v) is 8.28. The fourth-order valence-corrected chi connectivity index (χ4v) is 3.87. The summed E-state index contributed by atoms with van der Waals surface area (Å²) < 4.78 is 0. The summed E-state index contributed by atoms with van der Waals surface area (Å²) in [6.07, 6.45) is -0.000132. The molecular formula is C27H23ClN4O3. The van der Waals surface area contributed by atoms with Crippen LogP contribution in [0, 0.1) is 6.92 Å². The summed E-state index contributed by atoms with van der Waals surface area (Å²) in [5.41, 5.74) is 8.48. The summed E-state index contributed by atoms with van der Waals surface area (Å²) in [6, 6.07) is 23.3. The van der Waals surface area contributed by atoms with Crippen LogP contribution in [-0.2, 0) is 4.79 Å². The lowest BCUT2D eigenvalue weighted by Gasteiger charge is -2.12. The fourth-order valence-electron chi connectivity index (χ4n) is 3.64. The second-order valence-electron chi connectivity index (χ2n) is 7.88. The van der Waals surface area contributed by atoms with Crippen LogP contribution >= 0.6 is 11.6 Å². The first-order chi connectivity index (χ1) is 16.9. The molecular weight excluding hydrogens is 464 g/mol. The first-order valence-corrected chi connectivity index (χ1v) is 11.4. The zero-order valence-electron chi connectivity index (χ0n) is 19.0. The molecule has 0 saturated heterocycles. The molecule has 4 rings (SSSR count). The van der Waals surface area contributed by atoms with E-state index in [1.165, 1.54) is 0 Å². The number of aromatic nitrogens is 1. The van der Waals surface area contributed by atoms with Gasteiger partial charge in [-0.25, -0.2) is 4.98 Å². The average molecular weight is 487 g/mol. The van der Waals surface area contributed by atoms with Crippen LogP contribution < -0.4 is 16.2 Å². The van der Waals surface area contributed by atoms with Crippen LogP contribution in [0.3, 0.4) is 0 Å². The van der Waals surface area contributed by atoms with Crippen molar-refractivity contribution in [2.24, 2.45) is 0 Å². The van der Waals surface area contributed by atoms with Crippen molar-refractivity contribution in [1.29, 1.82) is 0 Å². The third-order valence-corrected chi connectivity index (χ3v) is 5.78. The number of hydrogen-bond acceptors (Lipinski definition) is 4. The Kier molecular flexibility index (Phi) is 7.38. The Balaban J connectivity index is 1.41. The molecule has 176 valence electrons. The van der Waals surface area contributed by atoms with E-state index in [9.17, 15) is 14.4 Å². The zero-order chi connectivity index (χ0) is 24.8. The molecule has 0 spiro atoms. The van der Waals surface area contributed by atoms with Gasteiger partial charge in [0, 0.05) is 34.5 Å². The topological polar surface area (TPSA) is 100 Å². The molecule has 3 N–H and O–H groups in total. The molecule has 0 atom stereocenters. The van der Waals surface area contributed by atoms with E-state index in [2.05, 4.69) is 21.2 Å². The summed E-state index contributed by atoms with van der Waals surface area (Å²) in [7, 11) is 0. The smallest absolute Gasteiger partial charge is 0.270 e. The summed E-state index contributed by atoms with van der Waals surface area (Å²) in [5, 5.41) is 3.87. The summed E-state index contributed by atoms with van der Waals surface area (Å²) in [5.74, 6) is -1.18. The van der Waals surface area contributed by atoms with Crippen molar-refractivity contribution in [3.05, 3.63) is 101 Å². The number of hydrazine groups is 1. The van der Waals surface area contributed by atoms with Crippen LogP contribution in [0.25, 0.3) is 22.2 Å². The van der Waals surface area contributed by atoms with E-state index in [0.29, 0.717) is 38.3 Å². The first kappa shape index (κ1) is 23.9. The predicted octanol–water partition coefficient (Wildman–Crippen LogP) is 4.44. The van der Waals surface area contributed by atoms with Crippen molar-refractivity contribution in [3.8, 4) is 11.3 Å². The molecule has 1 heterocycles. The maximum atomic E-state index is 13.0. The van der Waals surface area contributed by atoms with Crippen LogP contribution in [-0.4, -0.2) is 29.3 Å². The van der Waals surface area contributed by atoms with Crippen LogP contribution in [0.2, 0.25) is 5.02 Å². The lowest BCUT2D eigenvalue weighted by atomic mass is 10.0. The largest absolute Gasteiger partial charge is 0.352 e. The van der Waals surface area contributed by atoms with Gasteiger partial charge in [-0.05, 0) is 36.8 Å². The van der Waals surface area contributed by atoms with E-state index in [1.54, 1.807) is 30.3 Å². The molecule has 4 aromatic rings. The molecule has 0 saturated carbocycles. The molecule has 0 bridgehead atoms. The third kappa shape index (κ3) is 5.65. The fraction of sp³-hybridized carbons (Fsp3) is 0.111. The molecule has 7 nitrogen and oxygen atoms in total. The van der Waals surface area contributed by atoms with E-state index in [-0.39, 0.29) is 18.9 Å². The molecule has 0 aliphatic heterocycles. The minimum absolute atomic E-state index is 0.000132. The number of benzene rings is 3. The first-order valence-electron chi connectivity index (χ1n) is 11.0. The second kappa shape index (κ2) is 10.8. The zero-order valence-corrected chi connectivity index (χ0v) is 19.7. The highest BCUT2D eigenvalue weighted by atomic mass is 35.5. The van der Waals surface area contributed by atoms with Crippen molar-refractivity contribution in [2.45, 2.75) is 13.3 Å². The number of pyridine rings is 1. The number of fused-ring (bicyclic) bond motifs is 1. The molecule has 3 aromatic carbocycles. The number of nitrogens with zero attached hydrogens (tertiary/aromatic N) is 1. The molecule has 1 aromatic heterocycles. The van der Waals surface area contributed by atoms with Gasteiger partial charge in [0.25, 0.3) is 11.8 Å². The maximum Gasteiger partial charge on any atom is 0.270 e. The molecule has 8 heteroatoms. The highest BCUT2D eigenvalue weighted by Crippen LogP contribution is 2.29. The average Bonchev–Trinajstić information content (AvgIpc) is 2.87. The Morgan fingerprint density at radius 2 is 1.54 bits per heavy atom. The Bertz CT molecular complexity index is 1420. The van der Waals surface area contributed by atoms with Crippen molar-refractivity contribution in [3.63, 3.8) is 0 Å². The van der Waals surface area contributed by atoms with Gasteiger partial charge in [0.15, 0.2) is 0 Å². The lowest BCUT2D eigenvalue weighted by Crippen LogP contribution is -2.43. The van der Waals surface area contributed by atoms with E-state index in [0.717, 1.165) is 5.56 Å². The SMILES string of the molecule is Cc1ccccc1C(=O)NCCC(=O)NNC(=O)c1cc(-c2ccccc2Cl)nc2ccccc12. The minimum atomic E-state index is -0.491. The van der Waals surface area contributed by atoms with Crippen LogP contribution in [0.5, 0.6) is 0 Å². The molecule has 0 radical (unpaired) electrons. The molecule has 0 aliphatic rings. The van der Waals surface area contributed by atoms with E-state index in [1.807, 2.05) is 55.5 Å². The van der Waals surface area contributed by atoms with Crippen LogP contribution in [0.15, 0.2) is 78.9 Å². The normalized spacial score (nSPS) is 10.6. The highest BCUT2D eigenvalue weighted by Gasteiger charge is 2.16. The molecule has 0 fully saturated rings. The number of nitrogens with one attached hydrogen (secondary N) is 3. The summed E-state index contributed by atoms with van der Waals surface area (Å²) in [6.45, 7) is 1.97. The van der Waals surface area contributed by atoms with Crippen molar-refractivity contribution in [2.75, 3.05) is 6.54 Å². The molecule has 35 heavy (non-hydrogen) atoms. The number of hydrogen-bond donors (Lipinski definition) is 3. The van der Waals surface area contributed by atoms with Gasteiger partial charge in [0.1, 0.15) is 0 Å². The Morgan fingerprint density at radius 3 is 2.34 bits per heavy atom. The number of halogens is 1. The van der Waals surface area contributed by atoms with Crippen molar-refractivity contribution < 1.29 is 14.4 Å². The third-order valence-electron chi connectivity index (χ3n) is 5.45. The number of amides is 3. The summed E-state index contributed by atoms with van der Waals surface area (Å²) in [4.78, 5) is 42.1. The van der Waals surface area contributed by atoms with Gasteiger partial charge >= 0.3 is 0 Å². The Morgan fingerprint density at radius 1 is 0.829 bits per heavy atom. The predicted molar refractivity (Wildman–Crippen MR) is 136 cm³/mol. The molecule has 3 amide bonds. The van der Waals surface area contributed by atoms with Crippen molar-refractivity contribution in [1.82, 2.24) is 21.2 Å². The maximum absolute atomic E-state index is 13.0. The number of para-hydroxylation sites is 1. The van der Waals surface area contributed by atoms with Gasteiger partial charge < -0.3 is 5.32 Å². The van der Waals surface area contributed by atoms with Gasteiger partial charge in [0.2, 0.25) is 5.91 Å². The van der Waals surface area contributed by atoms with Gasteiger partial charge in [0.05, 0.1) is 16.8 Å².